The molecule has 0 radical (unpaired) electrons. The van der Waals surface area contributed by atoms with Crippen LogP contribution in [-0.4, -0.2) is 49.9 Å². The fourth-order valence-corrected chi connectivity index (χ4v) is 4.72. The molecular weight excluding hydrogens is 406 g/mol. The number of hydrogen-bond acceptors (Lipinski definition) is 5. The molecule has 1 fully saturated rings. The molecule has 0 atom stereocenters. The minimum atomic E-state index is -3.56. The molecule has 2 N–H and O–H groups in total. The normalized spacial score (nSPS) is 15.2. The molecule has 0 spiro atoms. The van der Waals surface area contributed by atoms with E-state index in [1.807, 2.05) is 12.1 Å². The van der Waals surface area contributed by atoms with Gasteiger partial charge in [0.15, 0.2) is 0 Å². The van der Waals surface area contributed by atoms with Gasteiger partial charge in [-0.1, -0.05) is 30.3 Å². The first kappa shape index (κ1) is 20.3. The second-order valence-electron chi connectivity index (χ2n) is 6.94. The van der Waals surface area contributed by atoms with Gasteiger partial charge in [0.1, 0.15) is 5.56 Å². The van der Waals surface area contributed by atoms with Crippen LogP contribution < -0.4 is 10.9 Å². The number of aromatic nitrogens is 1. The molecule has 0 unspecified atom stereocenters. The summed E-state index contributed by atoms with van der Waals surface area (Å²) in [6.45, 7) is 1.61. The average Bonchev–Trinajstić information content (AvgIpc) is 2.78. The van der Waals surface area contributed by atoms with Crippen molar-refractivity contribution in [3.05, 3.63) is 76.1 Å². The minimum Gasteiger partial charge on any atom is -0.379 e. The lowest BCUT2D eigenvalue weighted by atomic mass is 10.1. The fourth-order valence-electron chi connectivity index (χ4n) is 3.31. The molecule has 1 saturated heterocycles. The van der Waals surface area contributed by atoms with Crippen LogP contribution in [0.3, 0.4) is 0 Å². The highest BCUT2D eigenvalue weighted by atomic mass is 32.2. The van der Waals surface area contributed by atoms with Crippen LogP contribution in [0.4, 0.5) is 0 Å². The Bertz CT molecular complexity index is 1230. The first-order chi connectivity index (χ1) is 14.4. The lowest BCUT2D eigenvalue weighted by Crippen LogP contribution is -2.40. The molecule has 0 saturated carbocycles. The Morgan fingerprint density at radius 3 is 2.50 bits per heavy atom. The third kappa shape index (κ3) is 4.13. The van der Waals surface area contributed by atoms with Crippen molar-refractivity contribution in [1.29, 1.82) is 0 Å². The van der Waals surface area contributed by atoms with Crippen molar-refractivity contribution in [3.63, 3.8) is 0 Å². The average molecular weight is 427 g/mol. The smallest absolute Gasteiger partial charge is 0.261 e. The number of hydrogen-bond donors (Lipinski definition) is 2. The first-order valence-corrected chi connectivity index (χ1v) is 11.0. The molecule has 9 heteroatoms. The topological polar surface area (TPSA) is 109 Å². The number of benzene rings is 2. The number of nitrogens with one attached hydrogen (secondary N) is 2. The highest BCUT2D eigenvalue weighted by Crippen LogP contribution is 2.18. The lowest BCUT2D eigenvalue weighted by molar-refractivity contribution is 0.0730. The summed E-state index contributed by atoms with van der Waals surface area (Å²) in [5.74, 6) is -0.494. The summed E-state index contributed by atoms with van der Waals surface area (Å²) in [5.41, 5.74) is 0.955. The first-order valence-electron chi connectivity index (χ1n) is 9.52. The van der Waals surface area contributed by atoms with Crippen LogP contribution in [0.5, 0.6) is 0 Å². The third-order valence-corrected chi connectivity index (χ3v) is 6.90. The van der Waals surface area contributed by atoms with Crippen molar-refractivity contribution in [1.82, 2.24) is 14.6 Å². The van der Waals surface area contributed by atoms with Gasteiger partial charge >= 0.3 is 0 Å². The SMILES string of the molecule is O=C(NCc1ccc(S(=O)(=O)N2CCOCC2)cc1)c1cc2ccccc2[nH]c1=O. The maximum atomic E-state index is 12.7. The van der Waals surface area contributed by atoms with Crippen LogP contribution in [0, 0.1) is 0 Å². The molecule has 0 aliphatic carbocycles. The Labute approximate surface area is 173 Å². The van der Waals surface area contributed by atoms with Gasteiger partial charge in [-0.15, -0.1) is 0 Å². The number of pyridine rings is 1. The highest BCUT2D eigenvalue weighted by Gasteiger charge is 2.26. The molecular formula is C21H21N3O5S. The van der Waals surface area contributed by atoms with Crippen LogP contribution in [-0.2, 0) is 21.3 Å². The van der Waals surface area contributed by atoms with Crippen LogP contribution in [0.1, 0.15) is 15.9 Å². The summed E-state index contributed by atoms with van der Waals surface area (Å²) in [7, 11) is -3.56. The number of morpholine rings is 1. The number of fused-ring (bicyclic) bond motifs is 1. The van der Waals surface area contributed by atoms with Gasteiger partial charge in [-0.25, -0.2) is 8.42 Å². The summed E-state index contributed by atoms with van der Waals surface area (Å²) in [6, 6.07) is 15.1. The molecule has 0 bridgehead atoms. The highest BCUT2D eigenvalue weighted by molar-refractivity contribution is 7.89. The van der Waals surface area contributed by atoms with E-state index in [1.54, 1.807) is 30.3 Å². The Kier molecular flexibility index (Phi) is 5.67. The molecule has 3 aromatic rings. The van der Waals surface area contributed by atoms with Gasteiger partial charge in [0.05, 0.1) is 18.1 Å². The fraction of sp³-hybridized carbons (Fsp3) is 0.238. The summed E-state index contributed by atoms with van der Waals surface area (Å²) in [4.78, 5) is 27.6. The number of sulfonamides is 1. The van der Waals surface area contributed by atoms with Gasteiger partial charge < -0.3 is 15.0 Å². The number of rotatable bonds is 5. The van der Waals surface area contributed by atoms with E-state index >= 15 is 0 Å². The van der Waals surface area contributed by atoms with Crippen molar-refractivity contribution in [2.45, 2.75) is 11.4 Å². The van der Waals surface area contributed by atoms with E-state index in [0.717, 1.165) is 10.9 Å². The molecule has 1 aliphatic heterocycles. The van der Waals surface area contributed by atoms with Crippen molar-refractivity contribution in [2.75, 3.05) is 26.3 Å². The largest absolute Gasteiger partial charge is 0.379 e. The number of ether oxygens (including phenoxy) is 1. The van der Waals surface area contributed by atoms with E-state index in [2.05, 4.69) is 10.3 Å². The van der Waals surface area contributed by atoms with Crippen molar-refractivity contribution < 1.29 is 17.9 Å². The molecule has 2 aromatic carbocycles. The number of amides is 1. The summed E-state index contributed by atoms with van der Waals surface area (Å²) < 4.78 is 31.9. The second-order valence-corrected chi connectivity index (χ2v) is 8.88. The van der Waals surface area contributed by atoms with Crippen molar-refractivity contribution in [2.24, 2.45) is 0 Å². The van der Waals surface area contributed by atoms with Gasteiger partial charge in [-0.2, -0.15) is 4.31 Å². The molecule has 30 heavy (non-hydrogen) atoms. The monoisotopic (exact) mass is 427 g/mol. The third-order valence-electron chi connectivity index (χ3n) is 4.98. The molecule has 4 rings (SSSR count). The van der Waals surface area contributed by atoms with Crippen LogP contribution in [0.2, 0.25) is 0 Å². The number of aromatic amines is 1. The zero-order valence-electron chi connectivity index (χ0n) is 16.1. The number of H-pyrrole nitrogens is 1. The minimum absolute atomic E-state index is 0.0280. The Hall–Kier alpha value is -3.01. The Morgan fingerprint density at radius 2 is 1.77 bits per heavy atom. The summed E-state index contributed by atoms with van der Waals surface area (Å²) in [5, 5.41) is 3.47. The van der Waals surface area contributed by atoms with E-state index < -0.39 is 21.5 Å². The maximum absolute atomic E-state index is 12.7. The maximum Gasteiger partial charge on any atom is 0.261 e. The van der Waals surface area contributed by atoms with Gasteiger partial charge in [0, 0.05) is 25.2 Å². The zero-order valence-corrected chi connectivity index (χ0v) is 16.9. The molecule has 2 heterocycles. The van der Waals surface area contributed by atoms with Crippen LogP contribution in [0.25, 0.3) is 10.9 Å². The number of carbonyl (C=O) groups excluding carboxylic acids is 1. The molecule has 1 aliphatic rings. The second kappa shape index (κ2) is 8.39. The van der Waals surface area contributed by atoms with E-state index in [1.165, 1.54) is 16.4 Å². The van der Waals surface area contributed by atoms with Gasteiger partial charge in [0.2, 0.25) is 10.0 Å². The van der Waals surface area contributed by atoms with E-state index in [9.17, 15) is 18.0 Å². The van der Waals surface area contributed by atoms with Crippen LogP contribution >= 0.6 is 0 Å². The van der Waals surface area contributed by atoms with Crippen molar-refractivity contribution in [3.8, 4) is 0 Å². The van der Waals surface area contributed by atoms with E-state index in [4.69, 9.17) is 4.74 Å². The standard InChI is InChI=1S/C21H21N3O5S/c25-20(18-13-16-3-1-2-4-19(16)23-21(18)26)22-14-15-5-7-17(8-6-15)30(27,28)24-9-11-29-12-10-24/h1-8,13H,9-12,14H2,(H,22,25)(H,23,26). The predicted molar refractivity (Wildman–Crippen MR) is 112 cm³/mol. The lowest BCUT2D eigenvalue weighted by Gasteiger charge is -2.26. The number of carbonyl (C=O) groups is 1. The van der Waals surface area contributed by atoms with E-state index in [-0.39, 0.29) is 17.0 Å². The number of para-hydroxylation sites is 1. The van der Waals surface area contributed by atoms with Gasteiger partial charge in [0.25, 0.3) is 11.5 Å². The van der Waals surface area contributed by atoms with E-state index in [0.29, 0.717) is 31.8 Å². The number of nitrogens with zero attached hydrogens (tertiary/aromatic N) is 1. The Balaban J connectivity index is 1.45. The van der Waals surface area contributed by atoms with Crippen molar-refractivity contribution >= 4 is 26.8 Å². The molecule has 156 valence electrons. The Morgan fingerprint density at radius 1 is 1.07 bits per heavy atom. The summed E-state index contributed by atoms with van der Waals surface area (Å²) in [6.07, 6.45) is 0. The molecule has 1 aromatic heterocycles. The molecule has 8 nitrogen and oxygen atoms in total. The quantitative estimate of drug-likeness (QED) is 0.641. The summed E-state index contributed by atoms with van der Waals surface area (Å²) >= 11 is 0. The van der Waals surface area contributed by atoms with Gasteiger partial charge in [-0.05, 0) is 35.2 Å². The molecule has 1 amide bonds. The predicted octanol–water partition coefficient (Wildman–Crippen LogP) is 1.48. The van der Waals surface area contributed by atoms with Gasteiger partial charge in [-0.3, -0.25) is 9.59 Å². The zero-order chi connectivity index (χ0) is 21.1. The van der Waals surface area contributed by atoms with Crippen LogP contribution in [0.15, 0.2) is 64.3 Å².